The summed E-state index contributed by atoms with van der Waals surface area (Å²) in [5.41, 5.74) is 3.65. The maximum atomic E-state index is 13.5. The van der Waals surface area contributed by atoms with Crippen LogP contribution in [0.1, 0.15) is 53.1 Å². The average Bonchev–Trinajstić information content (AvgIpc) is 3.18. The summed E-state index contributed by atoms with van der Waals surface area (Å²) in [5, 5.41) is 13.2. The molecule has 0 unspecified atom stereocenters. The molecule has 1 aromatic heterocycles. The van der Waals surface area contributed by atoms with Crippen molar-refractivity contribution in [2.24, 2.45) is 0 Å². The van der Waals surface area contributed by atoms with Gasteiger partial charge in [0.1, 0.15) is 27.6 Å². The lowest BCUT2D eigenvalue weighted by Gasteiger charge is -2.20. The van der Waals surface area contributed by atoms with Gasteiger partial charge in [-0.15, -0.1) is 0 Å². The van der Waals surface area contributed by atoms with Gasteiger partial charge in [-0.25, -0.2) is 4.39 Å². The Labute approximate surface area is 237 Å². The Morgan fingerprint density at radius 3 is 2.38 bits per heavy atom. The third-order valence-corrected chi connectivity index (χ3v) is 7.97. The number of pyridine rings is 1. The van der Waals surface area contributed by atoms with Gasteiger partial charge in [-0.05, 0) is 55.2 Å². The van der Waals surface area contributed by atoms with Crippen LogP contribution in [0.4, 0.5) is 10.2 Å². The first kappa shape index (κ1) is 28.3. The molecule has 6 nitrogen and oxygen atoms in total. The largest absolute Gasteiger partial charge is 0.367 e. The van der Waals surface area contributed by atoms with Gasteiger partial charge in [0.15, 0.2) is 0 Å². The Bertz CT molecular complexity index is 1540. The Kier molecular flexibility index (Phi) is 9.00. The lowest BCUT2D eigenvalue weighted by molar-refractivity contribution is -0.122. The standard InChI is InChI=1S/C30H29FN4O2S2/c1-4-5-14-34-27(33-17-21-10-12-23(31)13-11-21)24(20(3)25(16-32)28(34)36)15-26-29(37)35(30(38)39-26)18-22-8-6-19(2)7-9-22/h6-13,15,33H,4-5,14,17-18H2,1-3H3/b26-15+. The van der Waals surface area contributed by atoms with Gasteiger partial charge in [-0.3, -0.25) is 19.1 Å². The van der Waals surface area contributed by atoms with Crippen molar-refractivity contribution in [3.63, 3.8) is 0 Å². The zero-order valence-electron chi connectivity index (χ0n) is 22.1. The number of carbonyl (C=O) groups excluding carboxylic acids is 1. The van der Waals surface area contributed by atoms with Crippen molar-refractivity contribution in [1.82, 2.24) is 9.47 Å². The molecule has 4 rings (SSSR count). The van der Waals surface area contributed by atoms with E-state index in [1.165, 1.54) is 23.9 Å². The van der Waals surface area contributed by atoms with Crippen molar-refractivity contribution >= 4 is 46.1 Å². The molecule has 9 heteroatoms. The van der Waals surface area contributed by atoms with E-state index in [1.54, 1.807) is 34.6 Å². The summed E-state index contributed by atoms with van der Waals surface area (Å²) < 4.78 is 15.5. The number of halogens is 1. The molecule has 1 fully saturated rings. The van der Waals surface area contributed by atoms with E-state index in [9.17, 15) is 19.2 Å². The molecule has 1 aliphatic rings. The molecule has 39 heavy (non-hydrogen) atoms. The smallest absolute Gasteiger partial charge is 0.270 e. The summed E-state index contributed by atoms with van der Waals surface area (Å²) in [7, 11) is 0. The van der Waals surface area contributed by atoms with Gasteiger partial charge in [-0.2, -0.15) is 5.26 Å². The number of thioether (sulfide) groups is 1. The van der Waals surface area contributed by atoms with Crippen LogP contribution >= 0.6 is 24.0 Å². The van der Waals surface area contributed by atoms with Gasteiger partial charge >= 0.3 is 0 Å². The number of nitrogens with one attached hydrogen (secondary N) is 1. The van der Waals surface area contributed by atoms with Crippen LogP contribution in [-0.2, 0) is 24.4 Å². The van der Waals surface area contributed by atoms with Crippen molar-refractivity contribution in [3.05, 3.63) is 103 Å². The Morgan fingerprint density at radius 1 is 1.08 bits per heavy atom. The van der Waals surface area contributed by atoms with Gasteiger partial charge in [0.2, 0.25) is 0 Å². The van der Waals surface area contributed by atoms with E-state index < -0.39 is 0 Å². The summed E-state index contributed by atoms with van der Waals surface area (Å²) >= 11 is 6.76. The van der Waals surface area contributed by atoms with Gasteiger partial charge < -0.3 is 5.32 Å². The van der Waals surface area contributed by atoms with Crippen molar-refractivity contribution in [3.8, 4) is 6.07 Å². The number of hydrogen-bond donors (Lipinski definition) is 1. The molecule has 0 radical (unpaired) electrons. The average molecular weight is 561 g/mol. The van der Waals surface area contributed by atoms with Crippen molar-refractivity contribution < 1.29 is 9.18 Å². The van der Waals surface area contributed by atoms with Gasteiger partial charge in [0.05, 0.1) is 11.4 Å². The summed E-state index contributed by atoms with van der Waals surface area (Å²) in [6.45, 7) is 6.84. The van der Waals surface area contributed by atoms with Crippen LogP contribution in [0, 0.1) is 31.0 Å². The molecule has 1 amide bonds. The van der Waals surface area contributed by atoms with Crippen LogP contribution in [0.2, 0.25) is 0 Å². The number of nitrogens with zero attached hydrogens (tertiary/aromatic N) is 3. The molecule has 1 aliphatic heterocycles. The van der Waals surface area contributed by atoms with Crippen LogP contribution in [0.25, 0.3) is 6.08 Å². The second-order valence-corrected chi connectivity index (χ2v) is 11.1. The zero-order valence-corrected chi connectivity index (χ0v) is 23.7. The molecule has 0 saturated carbocycles. The number of anilines is 1. The molecule has 1 saturated heterocycles. The number of benzene rings is 2. The molecule has 2 heterocycles. The number of rotatable bonds is 9. The lowest BCUT2D eigenvalue weighted by atomic mass is 10.0. The molecule has 2 aromatic carbocycles. The van der Waals surface area contributed by atoms with E-state index >= 15 is 0 Å². The first-order chi connectivity index (χ1) is 18.7. The fourth-order valence-corrected chi connectivity index (χ4v) is 5.55. The second-order valence-electron chi connectivity index (χ2n) is 9.42. The zero-order chi connectivity index (χ0) is 28.1. The molecule has 0 bridgehead atoms. The summed E-state index contributed by atoms with van der Waals surface area (Å²) in [5.74, 6) is -0.0430. The highest BCUT2D eigenvalue weighted by molar-refractivity contribution is 8.26. The number of aromatic nitrogens is 1. The minimum absolute atomic E-state index is 0.0415. The minimum atomic E-state index is -0.380. The molecule has 1 N–H and O–H groups in total. The summed E-state index contributed by atoms with van der Waals surface area (Å²) in [6.07, 6.45) is 3.31. The second kappa shape index (κ2) is 12.4. The normalized spacial score (nSPS) is 14.2. The number of amides is 1. The molecule has 200 valence electrons. The number of aryl methyl sites for hydroxylation is 1. The quantitative estimate of drug-likeness (QED) is 0.245. The van der Waals surface area contributed by atoms with Crippen molar-refractivity contribution in [2.45, 2.75) is 53.2 Å². The van der Waals surface area contributed by atoms with E-state index in [1.807, 2.05) is 38.1 Å². The topological polar surface area (TPSA) is 78.1 Å². The number of carbonyl (C=O) groups is 1. The number of nitriles is 1. The molecular formula is C30H29FN4O2S2. The maximum Gasteiger partial charge on any atom is 0.270 e. The highest BCUT2D eigenvalue weighted by Gasteiger charge is 2.33. The van der Waals surface area contributed by atoms with E-state index in [0.717, 1.165) is 29.5 Å². The van der Waals surface area contributed by atoms with Crippen LogP contribution < -0.4 is 10.9 Å². The number of unbranched alkanes of at least 4 members (excludes halogenated alkanes) is 1. The SMILES string of the molecule is CCCCn1c(NCc2ccc(F)cc2)c(/C=C2/SC(=S)N(Cc3ccc(C)cc3)C2=O)c(C)c(C#N)c1=O. The molecule has 0 spiro atoms. The highest BCUT2D eigenvalue weighted by Crippen LogP contribution is 2.36. The predicted molar refractivity (Wildman–Crippen MR) is 159 cm³/mol. The lowest BCUT2D eigenvalue weighted by Crippen LogP contribution is -2.28. The maximum absolute atomic E-state index is 13.5. The van der Waals surface area contributed by atoms with Crippen LogP contribution in [0.5, 0.6) is 0 Å². The third-order valence-electron chi connectivity index (χ3n) is 6.59. The fraction of sp³-hybridized carbons (Fsp3) is 0.267. The van der Waals surface area contributed by atoms with Crippen LogP contribution in [0.3, 0.4) is 0 Å². The first-order valence-electron chi connectivity index (χ1n) is 12.7. The molecule has 0 atom stereocenters. The van der Waals surface area contributed by atoms with Gasteiger partial charge in [0.25, 0.3) is 11.5 Å². The van der Waals surface area contributed by atoms with E-state index in [-0.39, 0.29) is 22.8 Å². The fourth-order valence-electron chi connectivity index (χ4n) is 4.31. The number of hydrogen-bond acceptors (Lipinski definition) is 6. The van der Waals surface area contributed by atoms with Crippen LogP contribution in [0.15, 0.2) is 58.2 Å². The van der Waals surface area contributed by atoms with E-state index in [0.29, 0.717) is 45.8 Å². The summed E-state index contributed by atoms with van der Waals surface area (Å²) in [6, 6.07) is 16.1. The first-order valence-corrected chi connectivity index (χ1v) is 13.9. The van der Waals surface area contributed by atoms with Crippen LogP contribution in [-0.4, -0.2) is 19.7 Å². The minimum Gasteiger partial charge on any atom is -0.367 e. The Morgan fingerprint density at radius 2 is 1.74 bits per heavy atom. The number of thiocarbonyl (C=S) groups is 1. The molecule has 0 aliphatic carbocycles. The van der Waals surface area contributed by atoms with Gasteiger partial charge in [-0.1, -0.05) is 79.3 Å². The van der Waals surface area contributed by atoms with Gasteiger partial charge in [0, 0.05) is 18.7 Å². The van der Waals surface area contributed by atoms with Crippen molar-refractivity contribution in [1.29, 1.82) is 5.26 Å². The van der Waals surface area contributed by atoms with Crippen molar-refractivity contribution in [2.75, 3.05) is 5.32 Å². The van der Waals surface area contributed by atoms with E-state index in [2.05, 4.69) is 11.4 Å². The molecule has 3 aromatic rings. The third kappa shape index (κ3) is 6.29. The monoisotopic (exact) mass is 560 g/mol. The summed E-state index contributed by atoms with van der Waals surface area (Å²) in [4.78, 5) is 28.8. The van der Waals surface area contributed by atoms with E-state index in [4.69, 9.17) is 12.2 Å². The highest BCUT2D eigenvalue weighted by atomic mass is 32.2. The predicted octanol–water partition coefficient (Wildman–Crippen LogP) is 6.29. The Balaban J connectivity index is 1.77. The molecular weight excluding hydrogens is 531 g/mol. The Hall–Kier alpha value is -3.74.